The third-order valence-corrected chi connectivity index (χ3v) is 3.66. The second-order valence-corrected chi connectivity index (χ2v) is 5.09. The molecule has 0 amide bonds. The fourth-order valence-corrected chi connectivity index (χ4v) is 2.39. The highest BCUT2D eigenvalue weighted by Crippen LogP contribution is 2.22. The molecule has 0 radical (unpaired) electrons. The molecule has 0 fully saturated rings. The number of methoxy groups -OCH3 is 1. The lowest BCUT2D eigenvalue weighted by Crippen LogP contribution is -2.05. The van der Waals surface area contributed by atoms with Gasteiger partial charge < -0.3 is 10.1 Å². The van der Waals surface area contributed by atoms with Gasteiger partial charge in [0.1, 0.15) is 0 Å². The van der Waals surface area contributed by atoms with Gasteiger partial charge in [-0.15, -0.1) is 11.3 Å². The Morgan fingerprint density at radius 3 is 3.06 bits per heavy atom. The normalized spacial score (nSPS) is 10.1. The van der Waals surface area contributed by atoms with Crippen molar-refractivity contribution in [3.63, 3.8) is 0 Å². The zero-order valence-electron chi connectivity index (χ0n) is 9.64. The van der Waals surface area contributed by atoms with E-state index < -0.39 is 0 Å². The molecule has 4 nitrogen and oxygen atoms in total. The Morgan fingerprint density at radius 2 is 2.39 bits per heavy atom. The van der Waals surface area contributed by atoms with Gasteiger partial charge in [-0.1, -0.05) is 0 Å². The minimum absolute atomic E-state index is 0.362. The first-order valence-electron chi connectivity index (χ1n) is 5.19. The third-order valence-electron chi connectivity index (χ3n) is 2.33. The van der Waals surface area contributed by atoms with Crippen LogP contribution in [-0.2, 0) is 11.3 Å². The zero-order valence-corrected chi connectivity index (χ0v) is 12.0. The number of thiazole rings is 1. The molecule has 0 bridgehead atoms. The molecule has 1 aromatic heterocycles. The molecule has 1 heterocycles. The first-order valence-corrected chi connectivity index (χ1v) is 6.93. The van der Waals surface area contributed by atoms with Gasteiger partial charge in [-0.25, -0.2) is 9.78 Å². The second kappa shape index (κ2) is 5.97. The Bertz CT molecular complexity index is 543. The Labute approximate surface area is 117 Å². The van der Waals surface area contributed by atoms with Crippen LogP contribution in [0.4, 0.5) is 5.69 Å². The van der Waals surface area contributed by atoms with Crippen molar-refractivity contribution in [1.29, 1.82) is 0 Å². The number of carbonyl (C=O) groups excluding carboxylic acids is 1. The van der Waals surface area contributed by atoms with Crippen LogP contribution in [0.1, 0.15) is 16.1 Å². The van der Waals surface area contributed by atoms with Crippen molar-refractivity contribution in [2.24, 2.45) is 0 Å². The Morgan fingerprint density at radius 1 is 1.56 bits per heavy atom. The number of hydrogen-bond donors (Lipinski definition) is 1. The minimum Gasteiger partial charge on any atom is -0.465 e. The molecular formula is C12H11BrN2O2S. The number of benzene rings is 1. The number of nitrogens with one attached hydrogen (secondary N) is 1. The minimum atomic E-state index is -0.362. The number of rotatable bonds is 4. The highest BCUT2D eigenvalue weighted by molar-refractivity contribution is 9.10. The van der Waals surface area contributed by atoms with Crippen LogP contribution in [0.3, 0.4) is 0 Å². The van der Waals surface area contributed by atoms with Gasteiger partial charge in [0.15, 0.2) is 0 Å². The number of aromatic nitrogens is 1. The summed E-state index contributed by atoms with van der Waals surface area (Å²) >= 11 is 4.88. The largest absolute Gasteiger partial charge is 0.465 e. The third kappa shape index (κ3) is 3.08. The quantitative estimate of drug-likeness (QED) is 0.876. The molecule has 0 atom stereocenters. The van der Waals surface area contributed by atoms with Crippen LogP contribution in [0.5, 0.6) is 0 Å². The first-order chi connectivity index (χ1) is 8.70. The SMILES string of the molecule is COC(=O)c1cc(NCc2cscn2)ccc1Br. The highest BCUT2D eigenvalue weighted by Gasteiger charge is 2.10. The van der Waals surface area contributed by atoms with Crippen LogP contribution in [0.15, 0.2) is 33.6 Å². The summed E-state index contributed by atoms with van der Waals surface area (Å²) in [6.45, 7) is 0.631. The Balaban J connectivity index is 2.12. The fraction of sp³-hybridized carbons (Fsp3) is 0.167. The maximum atomic E-state index is 11.5. The van der Waals surface area contributed by atoms with E-state index >= 15 is 0 Å². The standard InChI is InChI=1S/C12H11BrN2O2S/c1-17-12(16)10-4-8(2-3-11(10)13)14-5-9-6-18-7-15-9/h2-4,6-7,14H,5H2,1H3. The van der Waals surface area contributed by atoms with E-state index in [1.807, 2.05) is 17.5 Å². The van der Waals surface area contributed by atoms with Crippen LogP contribution in [0.25, 0.3) is 0 Å². The highest BCUT2D eigenvalue weighted by atomic mass is 79.9. The molecule has 6 heteroatoms. The summed E-state index contributed by atoms with van der Waals surface area (Å²) in [7, 11) is 1.37. The second-order valence-electron chi connectivity index (χ2n) is 3.52. The van der Waals surface area contributed by atoms with E-state index in [0.29, 0.717) is 16.6 Å². The predicted octanol–water partition coefficient (Wildman–Crippen LogP) is 3.30. The maximum absolute atomic E-state index is 11.5. The number of anilines is 1. The van der Waals surface area contributed by atoms with Gasteiger partial charge in [0.2, 0.25) is 0 Å². The van der Waals surface area contributed by atoms with Gasteiger partial charge in [-0.3, -0.25) is 0 Å². The molecule has 0 spiro atoms. The molecule has 0 unspecified atom stereocenters. The lowest BCUT2D eigenvalue weighted by molar-refractivity contribution is 0.0600. The zero-order chi connectivity index (χ0) is 13.0. The van der Waals surface area contributed by atoms with E-state index in [9.17, 15) is 4.79 Å². The average Bonchev–Trinajstić information content (AvgIpc) is 2.90. The Hall–Kier alpha value is -1.40. The van der Waals surface area contributed by atoms with Crippen molar-refractivity contribution in [2.75, 3.05) is 12.4 Å². The summed E-state index contributed by atoms with van der Waals surface area (Å²) in [5.41, 5.74) is 4.12. The lowest BCUT2D eigenvalue weighted by Gasteiger charge is -2.08. The van der Waals surface area contributed by atoms with Gasteiger partial charge in [-0.2, -0.15) is 0 Å². The molecule has 2 rings (SSSR count). The van der Waals surface area contributed by atoms with E-state index in [2.05, 4.69) is 26.2 Å². The van der Waals surface area contributed by atoms with Gasteiger partial charge in [0, 0.05) is 15.5 Å². The molecule has 2 aromatic rings. The van der Waals surface area contributed by atoms with E-state index in [-0.39, 0.29) is 5.97 Å². The van der Waals surface area contributed by atoms with E-state index in [1.165, 1.54) is 7.11 Å². The van der Waals surface area contributed by atoms with Crippen LogP contribution in [0, 0.1) is 0 Å². The van der Waals surface area contributed by atoms with Crippen molar-refractivity contribution in [3.05, 3.63) is 44.8 Å². The van der Waals surface area contributed by atoms with Gasteiger partial charge in [0.25, 0.3) is 0 Å². The van der Waals surface area contributed by atoms with Crippen molar-refractivity contribution in [3.8, 4) is 0 Å². The summed E-state index contributed by atoms with van der Waals surface area (Å²) in [5, 5.41) is 5.19. The van der Waals surface area contributed by atoms with Crippen molar-refractivity contribution in [2.45, 2.75) is 6.54 Å². The number of hydrogen-bond acceptors (Lipinski definition) is 5. The van der Waals surface area contributed by atoms with Crippen molar-refractivity contribution in [1.82, 2.24) is 4.98 Å². The smallest absolute Gasteiger partial charge is 0.339 e. The molecule has 0 aliphatic rings. The van der Waals surface area contributed by atoms with Crippen LogP contribution < -0.4 is 5.32 Å². The maximum Gasteiger partial charge on any atom is 0.339 e. The van der Waals surface area contributed by atoms with Gasteiger partial charge in [0.05, 0.1) is 30.4 Å². The fourth-order valence-electron chi connectivity index (χ4n) is 1.42. The van der Waals surface area contributed by atoms with Gasteiger partial charge >= 0.3 is 5.97 Å². The monoisotopic (exact) mass is 326 g/mol. The number of halogens is 1. The number of nitrogens with zero attached hydrogens (tertiary/aromatic N) is 1. The summed E-state index contributed by atoms with van der Waals surface area (Å²) in [6.07, 6.45) is 0. The summed E-state index contributed by atoms with van der Waals surface area (Å²) in [5.74, 6) is -0.362. The van der Waals surface area contributed by atoms with Crippen molar-refractivity contribution >= 4 is 38.9 Å². The number of carbonyl (C=O) groups is 1. The van der Waals surface area contributed by atoms with E-state index in [0.717, 1.165) is 11.4 Å². The molecule has 0 saturated heterocycles. The number of esters is 1. The summed E-state index contributed by atoms with van der Waals surface area (Å²) in [6, 6.07) is 5.46. The molecule has 1 aromatic carbocycles. The topological polar surface area (TPSA) is 51.2 Å². The summed E-state index contributed by atoms with van der Waals surface area (Å²) in [4.78, 5) is 15.7. The first kappa shape index (κ1) is 13.0. The van der Waals surface area contributed by atoms with E-state index in [4.69, 9.17) is 4.74 Å². The molecule has 18 heavy (non-hydrogen) atoms. The van der Waals surface area contributed by atoms with Crippen LogP contribution in [-0.4, -0.2) is 18.1 Å². The van der Waals surface area contributed by atoms with Crippen LogP contribution in [0.2, 0.25) is 0 Å². The van der Waals surface area contributed by atoms with E-state index in [1.54, 1.807) is 22.9 Å². The molecule has 0 aliphatic heterocycles. The average molecular weight is 327 g/mol. The van der Waals surface area contributed by atoms with Crippen molar-refractivity contribution < 1.29 is 9.53 Å². The summed E-state index contributed by atoms with van der Waals surface area (Å²) < 4.78 is 5.43. The molecule has 94 valence electrons. The number of ether oxygens (including phenoxy) is 1. The molecule has 1 N–H and O–H groups in total. The molecular weight excluding hydrogens is 316 g/mol. The van der Waals surface area contributed by atoms with Crippen LogP contribution >= 0.6 is 27.3 Å². The Kier molecular flexibility index (Phi) is 4.33. The molecule has 0 aliphatic carbocycles. The van der Waals surface area contributed by atoms with Gasteiger partial charge in [-0.05, 0) is 34.1 Å². The predicted molar refractivity (Wildman–Crippen MR) is 74.9 cm³/mol. The molecule has 0 saturated carbocycles. The lowest BCUT2D eigenvalue weighted by atomic mass is 10.2.